The van der Waals surface area contributed by atoms with Crippen molar-refractivity contribution in [2.75, 3.05) is 0 Å². The summed E-state index contributed by atoms with van der Waals surface area (Å²) in [5, 5.41) is 13.8. The largest absolute Gasteiger partial charge is 0.444 e. The molecule has 37 heavy (non-hydrogen) atoms. The van der Waals surface area contributed by atoms with Crippen LogP contribution >= 0.6 is 0 Å². The summed E-state index contributed by atoms with van der Waals surface area (Å²) < 4.78 is 7.37. The molecular formula is C29H37N5O3. The van der Waals surface area contributed by atoms with Crippen LogP contribution in [0.25, 0.3) is 5.69 Å². The number of carbonyl (C=O) groups is 2. The summed E-state index contributed by atoms with van der Waals surface area (Å²) in [6, 6.07) is 19.3. The van der Waals surface area contributed by atoms with Gasteiger partial charge in [-0.25, -0.2) is 14.3 Å². The summed E-state index contributed by atoms with van der Waals surface area (Å²) in [4.78, 5) is 25.3. The Balaban J connectivity index is 1.38. The van der Waals surface area contributed by atoms with E-state index >= 15 is 0 Å². The number of carbonyl (C=O) groups excluding carboxylic acids is 2. The van der Waals surface area contributed by atoms with Gasteiger partial charge in [0, 0.05) is 18.2 Å². The summed E-state index contributed by atoms with van der Waals surface area (Å²) in [5.74, 6) is 0. The summed E-state index contributed by atoms with van der Waals surface area (Å²) >= 11 is 0. The van der Waals surface area contributed by atoms with Crippen molar-refractivity contribution in [1.29, 1.82) is 0 Å². The van der Waals surface area contributed by atoms with Gasteiger partial charge in [0.25, 0.3) is 0 Å². The fourth-order valence-electron chi connectivity index (χ4n) is 4.82. The van der Waals surface area contributed by atoms with Gasteiger partial charge < -0.3 is 20.7 Å². The van der Waals surface area contributed by atoms with E-state index in [0.29, 0.717) is 19.3 Å². The molecule has 1 aliphatic rings. The maximum Gasteiger partial charge on any atom is 0.408 e. The highest BCUT2D eigenvalue weighted by Gasteiger charge is 2.30. The van der Waals surface area contributed by atoms with Crippen molar-refractivity contribution in [3.8, 4) is 5.69 Å². The fraction of sp³-hybridized carbons (Fsp3) is 0.414. The van der Waals surface area contributed by atoms with Gasteiger partial charge in [-0.1, -0.05) is 42.5 Å². The smallest absolute Gasteiger partial charge is 0.408 e. The molecule has 2 aromatic carbocycles. The van der Waals surface area contributed by atoms with Crippen molar-refractivity contribution in [2.45, 2.75) is 77.6 Å². The number of para-hydroxylation sites is 1. The minimum Gasteiger partial charge on any atom is -0.444 e. The van der Waals surface area contributed by atoms with Crippen LogP contribution in [0.3, 0.4) is 0 Å². The summed E-state index contributed by atoms with van der Waals surface area (Å²) in [6.07, 6.45) is 1.62. The quantitative estimate of drug-likeness (QED) is 0.413. The van der Waals surface area contributed by atoms with Crippen LogP contribution in [0.15, 0.2) is 60.7 Å². The van der Waals surface area contributed by atoms with Crippen molar-refractivity contribution in [3.05, 3.63) is 83.2 Å². The average molecular weight is 504 g/mol. The minimum absolute atomic E-state index is 0.0982. The van der Waals surface area contributed by atoms with E-state index < -0.39 is 11.7 Å². The number of nitrogens with one attached hydrogen (secondary N) is 3. The molecule has 1 aliphatic carbocycles. The number of rotatable bonds is 6. The fourth-order valence-corrected chi connectivity index (χ4v) is 4.82. The Kier molecular flexibility index (Phi) is 7.86. The Bertz CT molecular complexity index is 1230. The predicted octanol–water partition coefficient (Wildman–Crippen LogP) is 5.51. The lowest BCUT2D eigenvalue weighted by Crippen LogP contribution is -2.45. The topological polar surface area (TPSA) is 97.3 Å². The van der Waals surface area contributed by atoms with Gasteiger partial charge in [0.05, 0.1) is 23.5 Å². The molecule has 8 nitrogen and oxygen atoms in total. The number of aromatic nitrogens is 2. The van der Waals surface area contributed by atoms with E-state index in [0.717, 1.165) is 28.2 Å². The molecule has 0 saturated carbocycles. The van der Waals surface area contributed by atoms with Crippen molar-refractivity contribution in [1.82, 2.24) is 25.7 Å². The third-order valence-corrected chi connectivity index (χ3v) is 6.29. The molecule has 4 rings (SSSR count). The molecular weight excluding hydrogens is 466 g/mol. The zero-order valence-electron chi connectivity index (χ0n) is 22.2. The molecule has 3 aromatic rings. The summed E-state index contributed by atoms with van der Waals surface area (Å²) in [7, 11) is 0. The Morgan fingerprint density at radius 1 is 1.00 bits per heavy atom. The van der Waals surface area contributed by atoms with E-state index in [9.17, 15) is 9.59 Å². The SMILES string of the molecule is Cc1cc(CC(C)NC(=O)NC2CCC(NC(=O)OC(C)(C)C)c3ccccc32)n(-c2ccccc2)n1. The molecule has 0 aliphatic heterocycles. The second kappa shape index (κ2) is 11.1. The van der Waals surface area contributed by atoms with Crippen molar-refractivity contribution >= 4 is 12.1 Å². The van der Waals surface area contributed by atoms with Crippen molar-refractivity contribution in [2.24, 2.45) is 0 Å². The van der Waals surface area contributed by atoms with Gasteiger partial charge in [-0.3, -0.25) is 0 Å². The Hall–Kier alpha value is -3.81. The number of benzene rings is 2. The Morgan fingerprint density at radius 3 is 2.22 bits per heavy atom. The monoisotopic (exact) mass is 503 g/mol. The normalized spacial score (nSPS) is 17.9. The lowest BCUT2D eigenvalue weighted by molar-refractivity contribution is 0.0496. The number of hydrogen-bond donors (Lipinski definition) is 3. The lowest BCUT2D eigenvalue weighted by atomic mass is 9.84. The zero-order chi connectivity index (χ0) is 26.6. The predicted molar refractivity (Wildman–Crippen MR) is 144 cm³/mol. The number of urea groups is 1. The first-order valence-electron chi connectivity index (χ1n) is 12.9. The third-order valence-electron chi connectivity index (χ3n) is 6.29. The molecule has 3 unspecified atom stereocenters. The number of amides is 3. The molecule has 0 saturated heterocycles. The summed E-state index contributed by atoms with van der Waals surface area (Å²) in [6.45, 7) is 9.50. The molecule has 3 amide bonds. The lowest BCUT2D eigenvalue weighted by Gasteiger charge is -2.33. The number of fused-ring (bicyclic) bond motifs is 1. The maximum atomic E-state index is 13.0. The standard InChI is InChI=1S/C29H37N5O3/c1-19(17-22-18-20(2)33-34(22)21-11-7-6-8-12-21)30-27(35)31-25-15-16-26(24-14-10-9-13-23(24)25)32-28(36)37-29(3,4)5/h6-14,18-19,25-26H,15-17H2,1-5H3,(H,32,36)(H2,30,31,35). The van der Waals surface area contributed by atoms with E-state index in [4.69, 9.17) is 4.74 Å². The van der Waals surface area contributed by atoms with Gasteiger partial charge in [0.1, 0.15) is 5.60 Å². The second-order valence-corrected chi connectivity index (χ2v) is 10.7. The minimum atomic E-state index is -0.561. The molecule has 8 heteroatoms. The molecule has 0 bridgehead atoms. The molecule has 0 fully saturated rings. The second-order valence-electron chi connectivity index (χ2n) is 10.7. The van der Waals surface area contributed by atoms with Crippen LogP contribution in [0.5, 0.6) is 0 Å². The number of aryl methyl sites for hydroxylation is 1. The van der Waals surface area contributed by atoms with Gasteiger partial charge in [-0.15, -0.1) is 0 Å². The average Bonchev–Trinajstić information content (AvgIpc) is 3.19. The number of hydrogen-bond acceptors (Lipinski definition) is 4. The van der Waals surface area contributed by atoms with Crippen LogP contribution in [0.4, 0.5) is 9.59 Å². The molecule has 3 atom stereocenters. The molecule has 1 aromatic heterocycles. The van der Waals surface area contributed by atoms with Gasteiger partial charge in [0.2, 0.25) is 0 Å². The molecule has 0 radical (unpaired) electrons. The van der Waals surface area contributed by atoms with E-state index in [1.165, 1.54) is 0 Å². The number of ether oxygens (including phenoxy) is 1. The van der Waals surface area contributed by atoms with E-state index in [-0.39, 0.29) is 24.2 Å². The van der Waals surface area contributed by atoms with E-state index in [1.54, 1.807) is 0 Å². The van der Waals surface area contributed by atoms with Crippen LogP contribution in [-0.4, -0.2) is 33.5 Å². The molecule has 3 N–H and O–H groups in total. The third kappa shape index (κ3) is 6.90. The van der Waals surface area contributed by atoms with Crippen LogP contribution in [0.2, 0.25) is 0 Å². The van der Waals surface area contributed by atoms with Crippen molar-refractivity contribution in [3.63, 3.8) is 0 Å². The van der Waals surface area contributed by atoms with Crippen LogP contribution in [-0.2, 0) is 11.2 Å². The number of nitrogens with zero attached hydrogens (tertiary/aromatic N) is 2. The van der Waals surface area contributed by atoms with E-state index in [1.807, 2.05) is 93.9 Å². The number of alkyl carbamates (subject to hydrolysis) is 1. The first kappa shape index (κ1) is 26.3. The summed E-state index contributed by atoms with van der Waals surface area (Å²) in [5.41, 5.74) is 4.42. The first-order chi connectivity index (χ1) is 17.6. The van der Waals surface area contributed by atoms with Gasteiger partial charge in [-0.05, 0) is 76.8 Å². The van der Waals surface area contributed by atoms with Crippen molar-refractivity contribution < 1.29 is 14.3 Å². The Labute approximate surface area is 218 Å². The molecule has 196 valence electrons. The maximum absolute atomic E-state index is 13.0. The highest BCUT2D eigenvalue weighted by atomic mass is 16.6. The van der Waals surface area contributed by atoms with Gasteiger partial charge >= 0.3 is 12.1 Å². The van der Waals surface area contributed by atoms with Crippen LogP contribution in [0.1, 0.15) is 75.1 Å². The van der Waals surface area contributed by atoms with Crippen LogP contribution < -0.4 is 16.0 Å². The first-order valence-corrected chi connectivity index (χ1v) is 12.9. The van der Waals surface area contributed by atoms with E-state index in [2.05, 4.69) is 27.1 Å². The Morgan fingerprint density at radius 2 is 1.59 bits per heavy atom. The van der Waals surface area contributed by atoms with Gasteiger partial charge in [0.15, 0.2) is 0 Å². The van der Waals surface area contributed by atoms with Crippen LogP contribution in [0, 0.1) is 6.92 Å². The highest BCUT2D eigenvalue weighted by molar-refractivity contribution is 5.75. The highest BCUT2D eigenvalue weighted by Crippen LogP contribution is 2.36. The molecule has 0 spiro atoms. The van der Waals surface area contributed by atoms with Gasteiger partial charge in [-0.2, -0.15) is 5.10 Å². The zero-order valence-corrected chi connectivity index (χ0v) is 22.2. The molecule has 1 heterocycles.